The Bertz CT molecular complexity index is 758. The lowest BCUT2D eigenvalue weighted by molar-refractivity contribution is -0.143. The zero-order chi connectivity index (χ0) is 17.8. The van der Waals surface area contributed by atoms with Crippen molar-refractivity contribution >= 4 is 35.0 Å². The average molecular weight is 377 g/mol. The van der Waals surface area contributed by atoms with E-state index in [0.717, 1.165) is 27.8 Å². The van der Waals surface area contributed by atoms with Gasteiger partial charge in [0.1, 0.15) is 0 Å². The number of aromatic nitrogens is 1. The van der Waals surface area contributed by atoms with E-state index < -0.39 is 11.9 Å². The molecule has 7 heteroatoms. The van der Waals surface area contributed by atoms with Crippen molar-refractivity contribution in [3.8, 4) is 0 Å². The van der Waals surface area contributed by atoms with Crippen LogP contribution >= 0.6 is 23.1 Å². The van der Waals surface area contributed by atoms with Gasteiger partial charge in [-0.1, -0.05) is 0 Å². The molecule has 5 nitrogen and oxygen atoms in total. The molecule has 1 saturated heterocycles. The molecule has 1 aromatic heterocycles. The van der Waals surface area contributed by atoms with E-state index in [1.165, 1.54) is 0 Å². The van der Waals surface area contributed by atoms with E-state index in [9.17, 15) is 9.59 Å². The first-order valence-electron chi connectivity index (χ1n) is 8.19. The van der Waals surface area contributed by atoms with E-state index in [-0.39, 0.29) is 5.91 Å². The molecule has 2 heterocycles. The number of aryl methyl sites for hydroxylation is 1. The third-order valence-corrected chi connectivity index (χ3v) is 6.08. The third kappa shape index (κ3) is 4.61. The summed E-state index contributed by atoms with van der Waals surface area (Å²) in [5.41, 5.74) is 1.68. The molecular weight excluding hydrogens is 356 g/mol. The molecule has 1 fully saturated rings. The highest BCUT2D eigenvalue weighted by atomic mass is 32.2. The second-order valence-corrected chi connectivity index (χ2v) is 8.21. The van der Waals surface area contributed by atoms with E-state index in [1.807, 2.05) is 31.2 Å². The topological polar surface area (TPSA) is 70.5 Å². The minimum Gasteiger partial charge on any atom is -0.481 e. The second-order valence-electron chi connectivity index (χ2n) is 6.10. The average Bonchev–Trinajstić information content (AvgIpc) is 3.05. The summed E-state index contributed by atoms with van der Waals surface area (Å²) in [7, 11) is 0. The number of thiazole rings is 1. The predicted octanol–water partition coefficient (Wildman–Crippen LogP) is 3.68. The fraction of sp³-hybridized carbons (Fsp3) is 0.389. The standard InChI is InChI=1S/C18H20N2O3S2/c1-12-19-15(10-24-12)11-25-16-6-4-13(5-7-16)17(21)20-8-2-3-14(9-20)18(22)23/h4-7,10,14H,2-3,8-9,11H2,1H3,(H,22,23). The number of hydrogen-bond donors (Lipinski definition) is 1. The molecule has 1 aliphatic rings. The van der Waals surface area contributed by atoms with Crippen LogP contribution in [0, 0.1) is 12.8 Å². The van der Waals surface area contributed by atoms with Gasteiger partial charge in [-0.25, -0.2) is 4.98 Å². The van der Waals surface area contributed by atoms with Crippen molar-refractivity contribution in [1.29, 1.82) is 0 Å². The summed E-state index contributed by atoms with van der Waals surface area (Å²) < 4.78 is 0. The minimum absolute atomic E-state index is 0.0855. The van der Waals surface area contributed by atoms with Crippen molar-refractivity contribution in [3.05, 3.63) is 45.9 Å². The van der Waals surface area contributed by atoms with Crippen LogP contribution in [0.25, 0.3) is 0 Å². The van der Waals surface area contributed by atoms with Crippen LogP contribution in [-0.2, 0) is 10.5 Å². The number of aliphatic carboxylic acids is 1. The van der Waals surface area contributed by atoms with Gasteiger partial charge < -0.3 is 10.0 Å². The summed E-state index contributed by atoms with van der Waals surface area (Å²) in [6, 6.07) is 7.52. The third-order valence-electron chi connectivity index (χ3n) is 4.21. The van der Waals surface area contributed by atoms with Gasteiger partial charge in [0.2, 0.25) is 0 Å². The molecule has 1 N–H and O–H groups in total. The number of benzene rings is 1. The first kappa shape index (κ1) is 17.9. The molecule has 132 valence electrons. The van der Waals surface area contributed by atoms with Gasteiger partial charge in [-0.05, 0) is 44.0 Å². The number of piperidine rings is 1. The summed E-state index contributed by atoms with van der Waals surface area (Å²) in [6.07, 6.45) is 1.38. The van der Waals surface area contributed by atoms with Crippen LogP contribution in [-0.4, -0.2) is 40.0 Å². The highest BCUT2D eigenvalue weighted by molar-refractivity contribution is 7.98. The summed E-state index contributed by atoms with van der Waals surface area (Å²) in [6.45, 7) is 2.92. The molecule has 0 aliphatic carbocycles. The number of carbonyl (C=O) groups is 2. The molecular formula is C18H20N2O3S2. The number of nitrogens with zero attached hydrogens (tertiary/aromatic N) is 2. The lowest BCUT2D eigenvalue weighted by Gasteiger charge is -2.30. The van der Waals surface area contributed by atoms with E-state index >= 15 is 0 Å². The molecule has 3 rings (SSSR count). The van der Waals surface area contributed by atoms with Gasteiger partial charge in [0, 0.05) is 34.7 Å². The Balaban J connectivity index is 1.59. The predicted molar refractivity (Wildman–Crippen MR) is 99.1 cm³/mol. The van der Waals surface area contributed by atoms with Crippen LogP contribution in [0.2, 0.25) is 0 Å². The van der Waals surface area contributed by atoms with Crippen molar-refractivity contribution in [3.63, 3.8) is 0 Å². The Morgan fingerprint density at radius 2 is 2.12 bits per heavy atom. The Morgan fingerprint density at radius 1 is 1.36 bits per heavy atom. The lowest BCUT2D eigenvalue weighted by atomic mass is 9.97. The van der Waals surface area contributed by atoms with E-state index in [4.69, 9.17) is 5.11 Å². The maximum Gasteiger partial charge on any atom is 0.308 e. The number of amides is 1. The van der Waals surface area contributed by atoms with Crippen LogP contribution in [0.4, 0.5) is 0 Å². The zero-order valence-electron chi connectivity index (χ0n) is 14.0. The second kappa shape index (κ2) is 8.01. The zero-order valence-corrected chi connectivity index (χ0v) is 15.6. The molecule has 1 atom stereocenters. The van der Waals surface area contributed by atoms with Crippen molar-refractivity contribution < 1.29 is 14.7 Å². The van der Waals surface area contributed by atoms with Gasteiger partial charge in [-0.3, -0.25) is 9.59 Å². The quantitative estimate of drug-likeness (QED) is 0.806. The number of carboxylic acid groups (broad SMARTS) is 1. The molecule has 25 heavy (non-hydrogen) atoms. The number of carbonyl (C=O) groups excluding carboxylic acids is 1. The molecule has 0 bridgehead atoms. The lowest BCUT2D eigenvalue weighted by Crippen LogP contribution is -2.42. The van der Waals surface area contributed by atoms with Gasteiger partial charge in [-0.2, -0.15) is 0 Å². The van der Waals surface area contributed by atoms with Crippen molar-refractivity contribution in [2.45, 2.75) is 30.4 Å². The number of rotatable bonds is 5. The fourth-order valence-electron chi connectivity index (χ4n) is 2.87. The Kier molecular flexibility index (Phi) is 5.75. The van der Waals surface area contributed by atoms with E-state index in [0.29, 0.717) is 25.1 Å². The van der Waals surface area contributed by atoms with Gasteiger partial charge in [0.15, 0.2) is 0 Å². The molecule has 2 aromatic rings. The SMILES string of the molecule is Cc1nc(CSc2ccc(C(=O)N3CCCC(C(=O)O)C3)cc2)cs1. The maximum absolute atomic E-state index is 12.6. The van der Waals surface area contributed by atoms with Crippen LogP contribution in [0.1, 0.15) is 33.9 Å². The van der Waals surface area contributed by atoms with Gasteiger partial charge in [-0.15, -0.1) is 23.1 Å². The van der Waals surface area contributed by atoms with E-state index in [2.05, 4.69) is 10.4 Å². The Morgan fingerprint density at radius 3 is 2.76 bits per heavy atom. The van der Waals surface area contributed by atoms with Crippen LogP contribution in [0.15, 0.2) is 34.5 Å². The first-order valence-corrected chi connectivity index (χ1v) is 10.1. The van der Waals surface area contributed by atoms with Gasteiger partial charge in [0.25, 0.3) is 5.91 Å². The van der Waals surface area contributed by atoms with Crippen molar-refractivity contribution in [1.82, 2.24) is 9.88 Å². The molecule has 1 aliphatic heterocycles. The first-order chi connectivity index (χ1) is 12.0. The molecule has 0 spiro atoms. The fourth-order valence-corrected chi connectivity index (χ4v) is 4.38. The highest BCUT2D eigenvalue weighted by Gasteiger charge is 2.28. The summed E-state index contributed by atoms with van der Waals surface area (Å²) in [5.74, 6) is -0.544. The minimum atomic E-state index is -0.818. The Hall–Kier alpha value is -1.86. The number of hydrogen-bond acceptors (Lipinski definition) is 5. The molecule has 1 amide bonds. The van der Waals surface area contributed by atoms with Gasteiger partial charge in [0.05, 0.1) is 16.6 Å². The summed E-state index contributed by atoms with van der Waals surface area (Å²) in [4.78, 5) is 30.9. The van der Waals surface area contributed by atoms with Crippen molar-refractivity contribution in [2.24, 2.45) is 5.92 Å². The van der Waals surface area contributed by atoms with Crippen LogP contribution < -0.4 is 0 Å². The highest BCUT2D eigenvalue weighted by Crippen LogP contribution is 2.25. The monoisotopic (exact) mass is 376 g/mol. The maximum atomic E-state index is 12.6. The largest absolute Gasteiger partial charge is 0.481 e. The normalized spacial score (nSPS) is 17.5. The van der Waals surface area contributed by atoms with Crippen LogP contribution in [0.3, 0.4) is 0 Å². The Labute approximate surface area is 155 Å². The smallest absolute Gasteiger partial charge is 0.308 e. The van der Waals surface area contributed by atoms with Crippen LogP contribution in [0.5, 0.6) is 0 Å². The number of thioether (sulfide) groups is 1. The van der Waals surface area contributed by atoms with E-state index in [1.54, 1.807) is 28.0 Å². The number of carboxylic acids is 1. The molecule has 0 saturated carbocycles. The molecule has 0 radical (unpaired) electrons. The summed E-state index contributed by atoms with van der Waals surface area (Å²) >= 11 is 3.34. The molecule has 1 unspecified atom stereocenters. The molecule has 1 aromatic carbocycles. The summed E-state index contributed by atoms with van der Waals surface area (Å²) in [5, 5.41) is 12.3. The van der Waals surface area contributed by atoms with Gasteiger partial charge >= 0.3 is 5.97 Å². The number of likely N-dealkylation sites (tertiary alicyclic amines) is 1. The van der Waals surface area contributed by atoms with Crippen molar-refractivity contribution in [2.75, 3.05) is 13.1 Å².